The first kappa shape index (κ1) is 21.7. The van der Waals surface area contributed by atoms with E-state index in [-0.39, 0.29) is 11.6 Å². The molecule has 0 bridgehead atoms. The maximum Gasteiger partial charge on any atom is 0.130 e. The van der Waals surface area contributed by atoms with E-state index in [1.807, 2.05) is 55.5 Å². The molecule has 0 radical (unpaired) electrons. The second kappa shape index (κ2) is 10.7. The Bertz CT molecular complexity index is 1020. The summed E-state index contributed by atoms with van der Waals surface area (Å²) in [5.41, 5.74) is 4.15. The number of benzene rings is 3. The number of hydrogen-bond acceptors (Lipinski definition) is 0. The smallest absolute Gasteiger partial charge is 0.130 e. The van der Waals surface area contributed by atoms with Crippen LogP contribution in [0.2, 0.25) is 0 Å². The molecule has 0 spiro atoms. The summed E-state index contributed by atoms with van der Waals surface area (Å²) in [6.07, 6.45) is 9.74. The molecule has 0 unspecified atom stereocenters. The summed E-state index contributed by atoms with van der Waals surface area (Å²) in [6.45, 7) is 4.11. The second-order valence-corrected chi connectivity index (χ2v) is 7.66. The first-order valence-electron chi connectivity index (χ1n) is 10.5. The standard InChI is InChI=1S/C28H28F2/c1-3-4-6-11-25-15-12-22(19-27(25)29)13-16-26-17-14-23(20-28(26)30)18-21(2)24-9-7-5-8-10-24/h3-5,7-10,12-17,19-21H,6,11,18H2,1-2H3/t21-/m1/s1. The molecule has 0 N–H and O–H groups in total. The van der Waals surface area contributed by atoms with Crippen molar-refractivity contribution in [3.05, 3.63) is 118 Å². The minimum atomic E-state index is -0.257. The number of halogens is 2. The quantitative estimate of drug-likeness (QED) is 0.264. The fraction of sp³-hybridized carbons (Fsp3) is 0.214. The van der Waals surface area contributed by atoms with E-state index in [2.05, 4.69) is 19.1 Å². The Hall–Kier alpha value is -3.00. The lowest BCUT2D eigenvalue weighted by Crippen LogP contribution is -1.99. The van der Waals surface area contributed by atoms with Gasteiger partial charge in [0.2, 0.25) is 0 Å². The molecule has 0 nitrogen and oxygen atoms in total. The van der Waals surface area contributed by atoms with Gasteiger partial charge in [-0.3, -0.25) is 0 Å². The molecule has 0 aliphatic carbocycles. The van der Waals surface area contributed by atoms with Crippen LogP contribution in [-0.4, -0.2) is 0 Å². The molecule has 0 fully saturated rings. The predicted octanol–water partition coefficient (Wildman–Crippen LogP) is 7.99. The van der Waals surface area contributed by atoms with Gasteiger partial charge in [0, 0.05) is 5.56 Å². The van der Waals surface area contributed by atoms with Crippen LogP contribution in [0.3, 0.4) is 0 Å². The summed E-state index contributed by atoms with van der Waals surface area (Å²) in [5, 5.41) is 0. The van der Waals surface area contributed by atoms with Crippen LogP contribution in [-0.2, 0) is 12.8 Å². The third-order valence-electron chi connectivity index (χ3n) is 5.32. The first-order valence-corrected chi connectivity index (χ1v) is 10.5. The molecule has 0 saturated carbocycles. The third-order valence-corrected chi connectivity index (χ3v) is 5.32. The van der Waals surface area contributed by atoms with Crippen LogP contribution in [0.5, 0.6) is 0 Å². The number of hydrogen-bond donors (Lipinski definition) is 0. The zero-order valence-corrected chi connectivity index (χ0v) is 17.6. The summed E-state index contributed by atoms with van der Waals surface area (Å²) < 4.78 is 28.9. The molecule has 1 atom stereocenters. The summed E-state index contributed by atoms with van der Waals surface area (Å²) in [5.74, 6) is -0.152. The zero-order chi connectivity index (χ0) is 21.3. The Labute approximate surface area is 178 Å². The largest absolute Gasteiger partial charge is 0.207 e. The van der Waals surface area contributed by atoms with Gasteiger partial charge in [-0.2, -0.15) is 0 Å². The lowest BCUT2D eigenvalue weighted by Gasteiger charge is -2.12. The van der Waals surface area contributed by atoms with E-state index in [0.717, 1.165) is 24.0 Å². The molecule has 3 rings (SSSR count). The Morgan fingerprint density at radius 1 is 0.867 bits per heavy atom. The SMILES string of the molecule is CC=CCCc1ccc(C=Cc2ccc(C[C@@H](C)c3ccccc3)cc2F)cc1F. The summed E-state index contributed by atoms with van der Waals surface area (Å²) in [6, 6.07) is 20.8. The maximum atomic E-state index is 14.6. The van der Waals surface area contributed by atoms with Gasteiger partial charge in [0.15, 0.2) is 0 Å². The van der Waals surface area contributed by atoms with Crippen LogP contribution >= 0.6 is 0 Å². The van der Waals surface area contributed by atoms with E-state index in [1.54, 1.807) is 24.3 Å². The molecule has 30 heavy (non-hydrogen) atoms. The van der Waals surface area contributed by atoms with Gasteiger partial charge >= 0.3 is 0 Å². The van der Waals surface area contributed by atoms with Crippen LogP contribution in [0.15, 0.2) is 78.9 Å². The van der Waals surface area contributed by atoms with Crippen LogP contribution in [0.1, 0.15) is 54.0 Å². The molecule has 0 amide bonds. The minimum Gasteiger partial charge on any atom is -0.207 e. The van der Waals surface area contributed by atoms with E-state index >= 15 is 0 Å². The minimum absolute atomic E-state index is 0.215. The molecule has 0 heterocycles. The lowest BCUT2D eigenvalue weighted by molar-refractivity contribution is 0.609. The van der Waals surface area contributed by atoms with Gasteiger partial charge in [0.05, 0.1) is 0 Å². The van der Waals surface area contributed by atoms with Crippen molar-refractivity contribution < 1.29 is 8.78 Å². The van der Waals surface area contributed by atoms with Crippen molar-refractivity contribution in [3.8, 4) is 0 Å². The summed E-state index contributed by atoms with van der Waals surface area (Å²) in [7, 11) is 0. The summed E-state index contributed by atoms with van der Waals surface area (Å²) in [4.78, 5) is 0. The van der Waals surface area contributed by atoms with E-state index in [9.17, 15) is 8.78 Å². The van der Waals surface area contributed by atoms with Gasteiger partial charge in [-0.15, -0.1) is 0 Å². The average Bonchev–Trinajstić information content (AvgIpc) is 2.75. The van der Waals surface area contributed by atoms with Crippen LogP contribution < -0.4 is 0 Å². The first-order chi connectivity index (χ1) is 14.6. The highest BCUT2D eigenvalue weighted by molar-refractivity contribution is 5.70. The van der Waals surface area contributed by atoms with E-state index < -0.39 is 0 Å². The van der Waals surface area contributed by atoms with Gasteiger partial charge in [-0.1, -0.05) is 85.8 Å². The van der Waals surface area contributed by atoms with Crippen molar-refractivity contribution in [1.82, 2.24) is 0 Å². The average molecular weight is 403 g/mol. The van der Waals surface area contributed by atoms with Crippen molar-refractivity contribution in [1.29, 1.82) is 0 Å². The van der Waals surface area contributed by atoms with E-state index in [0.29, 0.717) is 23.5 Å². The highest BCUT2D eigenvalue weighted by atomic mass is 19.1. The zero-order valence-electron chi connectivity index (χ0n) is 17.6. The molecular weight excluding hydrogens is 374 g/mol. The Balaban J connectivity index is 1.67. The van der Waals surface area contributed by atoms with Gasteiger partial charge in [0.1, 0.15) is 11.6 Å². The van der Waals surface area contributed by atoms with Crippen LogP contribution in [0.25, 0.3) is 12.2 Å². The lowest BCUT2D eigenvalue weighted by atomic mass is 9.93. The van der Waals surface area contributed by atoms with Crippen molar-refractivity contribution in [2.24, 2.45) is 0 Å². The maximum absolute atomic E-state index is 14.6. The van der Waals surface area contributed by atoms with Gasteiger partial charge in [-0.05, 0) is 66.5 Å². The fourth-order valence-corrected chi connectivity index (χ4v) is 3.55. The molecule has 0 saturated heterocycles. The fourth-order valence-electron chi connectivity index (χ4n) is 3.55. The van der Waals surface area contributed by atoms with Crippen molar-refractivity contribution in [3.63, 3.8) is 0 Å². The molecule has 2 heteroatoms. The molecule has 3 aromatic rings. The number of rotatable bonds is 8. The normalized spacial score (nSPS) is 12.7. The molecule has 3 aromatic carbocycles. The highest BCUT2D eigenvalue weighted by Crippen LogP contribution is 2.22. The second-order valence-electron chi connectivity index (χ2n) is 7.66. The van der Waals surface area contributed by atoms with Gasteiger partial charge in [-0.25, -0.2) is 8.78 Å². The number of allylic oxidation sites excluding steroid dienone is 2. The van der Waals surface area contributed by atoms with Gasteiger partial charge in [0.25, 0.3) is 0 Å². The van der Waals surface area contributed by atoms with E-state index in [1.165, 1.54) is 11.6 Å². The highest BCUT2D eigenvalue weighted by Gasteiger charge is 2.08. The Morgan fingerprint density at radius 2 is 1.67 bits per heavy atom. The Kier molecular flexibility index (Phi) is 7.73. The molecule has 0 aromatic heterocycles. The van der Waals surface area contributed by atoms with Crippen molar-refractivity contribution in [2.45, 2.75) is 39.0 Å². The van der Waals surface area contributed by atoms with Crippen molar-refractivity contribution in [2.75, 3.05) is 0 Å². The predicted molar refractivity (Wildman–Crippen MR) is 123 cm³/mol. The van der Waals surface area contributed by atoms with Crippen molar-refractivity contribution >= 4 is 12.2 Å². The topological polar surface area (TPSA) is 0 Å². The Morgan fingerprint density at radius 3 is 2.37 bits per heavy atom. The summed E-state index contributed by atoms with van der Waals surface area (Å²) >= 11 is 0. The molecule has 0 aliphatic rings. The van der Waals surface area contributed by atoms with Gasteiger partial charge < -0.3 is 0 Å². The monoisotopic (exact) mass is 402 g/mol. The molecule has 154 valence electrons. The van der Waals surface area contributed by atoms with E-state index in [4.69, 9.17) is 0 Å². The molecular formula is C28H28F2. The molecule has 0 aliphatic heterocycles. The number of aryl methyl sites for hydroxylation is 1. The van der Waals surface area contributed by atoms with Crippen LogP contribution in [0.4, 0.5) is 8.78 Å². The van der Waals surface area contributed by atoms with Crippen LogP contribution in [0, 0.1) is 11.6 Å². The third kappa shape index (κ3) is 6.00.